The van der Waals surface area contributed by atoms with E-state index in [-0.39, 0.29) is 11.2 Å². The van der Waals surface area contributed by atoms with Gasteiger partial charge >= 0.3 is 0 Å². The van der Waals surface area contributed by atoms with Crippen LogP contribution in [0.25, 0.3) is 17.2 Å². The highest BCUT2D eigenvalue weighted by atomic mass is 19.1. The first-order valence-electron chi connectivity index (χ1n) is 8.45. The fourth-order valence-corrected chi connectivity index (χ4v) is 3.99. The quantitative estimate of drug-likeness (QED) is 0.589. The van der Waals surface area contributed by atoms with Crippen molar-refractivity contribution in [3.05, 3.63) is 65.5 Å². The zero-order chi connectivity index (χ0) is 16.6. The van der Waals surface area contributed by atoms with Gasteiger partial charge < -0.3 is 0 Å². The lowest BCUT2D eigenvalue weighted by atomic mass is 9.75. The molecule has 1 saturated carbocycles. The molecule has 23 heavy (non-hydrogen) atoms. The minimum Gasteiger partial charge on any atom is -0.206 e. The molecule has 0 nitrogen and oxygen atoms in total. The number of rotatable bonds is 3. The van der Waals surface area contributed by atoms with E-state index >= 15 is 0 Å². The van der Waals surface area contributed by atoms with Crippen molar-refractivity contribution in [1.82, 2.24) is 0 Å². The summed E-state index contributed by atoms with van der Waals surface area (Å²) in [7, 11) is 0. The lowest BCUT2D eigenvalue weighted by Gasteiger charge is -2.29. The van der Waals surface area contributed by atoms with Crippen LogP contribution in [-0.2, 0) is 0 Å². The van der Waals surface area contributed by atoms with Gasteiger partial charge in [-0.3, -0.25) is 0 Å². The summed E-state index contributed by atoms with van der Waals surface area (Å²) in [6.07, 6.45) is 5.52. The van der Waals surface area contributed by atoms with Gasteiger partial charge in [0.15, 0.2) is 0 Å². The molecule has 1 atom stereocenters. The molecule has 1 aliphatic rings. The molecule has 0 amide bonds. The van der Waals surface area contributed by atoms with Gasteiger partial charge in [0.05, 0.1) is 0 Å². The third kappa shape index (κ3) is 2.97. The Hall–Kier alpha value is -1.89. The largest absolute Gasteiger partial charge is 0.206 e. The molecule has 0 aliphatic heterocycles. The second-order valence-corrected chi connectivity index (χ2v) is 7.47. The van der Waals surface area contributed by atoms with Crippen LogP contribution < -0.4 is 0 Å². The number of benzene rings is 2. The fraction of sp³-hybridized carbons (Fsp3) is 0.364. The SMILES string of the molecule is C=Cc1ccc(-c2cc(C)ccc2F)c([C@H]2CCCC2(C)C)c1. The van der Waals surface area contributed by atoms with Gasteiger partial charge in [-0.15, -0.1) is 0 Å². The molecule has 1 heteroatoms. The van der Waals surface area contributed by atoms with E-state index in [2.05, 4.69) is 32.6 Å². The van der Waals surface area contributed by atoms with E-state index in [0.29, 0.717) is 5.92 Å². The molecule has 0 bridgehead atoms. The predicted molar refractivity (Wildman–Crippen MR) is 97.0 cm³/mol. The summed E-state index contributed by atoms with van der Waals surface area (Å²) >= 11 is 0. The second kappa shape index (κ2) is 5.96. The molecular weight excluding hydrogens is 283 g/mol. The predicted octanol–water partition coefficient (Wildman–Crippen LogP) is 6.74. The van der Waals surface area contributed by atoms with Gasteiger partial charge in [-0.1, -0.05) is 62.8 Å². The molecule has 0 saturated heterocycles. The zero-order valence-corrected chi connectivity index (χ0v) is 14.3. The van der Waals surface area contributed by atoms with Crippen molar-refractivity contribution >= 4 is 6.08 Å². The smallest absolute Gasteiger partial charge is 0.131 e. The molecule has 2 aromatic rings. The molecule has 0 aromatic heterocycles. The van der Waals surface area contributed by atoms with E-state index in [1.165, 1.54) is 24.8 Å². The third-order valence-electron chi connectivity index (χ3n) is 5.36. The van der Waals surface area contributed by atoms with Crippen LogP contribution in [-0.4, -0.2) is 0 Å². The fourth-order valence-electron chi connectivity index (χ4n) is 3.99. The summed E-state index contributed by atoms with van der Waals surface area (Å²) in [6.45, 7) is 10.6. The third-order valence-corrected chi connectivity index (χ3v) is 5.36. The van der Waals surface area contributed by atoms with E-state index in [4.69, 9.17) is 0 Å². The van der Waals surface area contributed by atoms with Crippen LogP contribution in [0.1, 0.15) is 55.7 Å². The maximum absolute atomic E-state index is 14.5. The Bertz CT molecular complexity index is 740. The van der Waals surface area contributed by atoms with Crippen molar-refractivity contribution in [1.29, 1.82) is 0 Å². The van der Waals surface area contributed by atoms with Gasteiger partial charge in [0.25, 0.3) is 0 Å². The Morgan fingerprint density at radius 3 is 2.57 bits per heavy atom. The van der Waals surface area contributed by atoms with Gasteiger partial charge in [0.2, 0.25) is 0 Å². The highest BCUT2D eigenvalue weighted by molar-refractivity contribution is 5.71. The van der Waals surface area contributed by atoms with Crippen LogP contribution in [0.2, 0.25) is 0 Å². The molecule has 2 aromatic carbocycles. The minimum absolute atomic E-state index is 0.140. The molecule has 0 unspecified atom stereocenters. The summed E-state index contributed by atoms with van der Waals surface area (Å²) < 4.78 is 14.5. The summed E-state index contributed by atoms with van der Waals surface area (Å²) in [6, 6.07) is 11.7. The van der Waals surface area contributed by atoms with Crippen LogP contribution in [0.4, 0.5) is 4.39 Å². The molecule has 3 rings (SSSR count). The van der Waals surface area contributed by atoms with Crippen LogP contribution in [0.15, 0.2) is 43.0 Å². The molecule has 1 fully saturated rings. The van der Waals surface area contributed by atoms with Gasteiger partial charge in [0.1, 0.15) is 5.82 Å². The van der Waals surface area contributed by atoms with E-state index < -0.39 is 0 Å². The number of hydrogen-bond donors (Lipinski definition) is 0. The number of hydrogen-bond acceptors (Lipinski definition) is 0. The Balaban J connectivity index is 2.21. The number of halogens is 1. The average molecular weight is 308 g/mol. The second-order valence-electron chi connectivity index (χ2n) is 7.47. The van der Waals surface area contributed by atoms with Crippen LogP contribution in [0, 0.1) is 18.2 Å². The Labute approximate surface area is 139 Å². The highest BCUT2D eigenvalue weighted by Crippen LogP contribution is 2.51. The zero-order valence-electron chi connectivity index (χ0n) is 14.3. The van der Waals surface area contributed by atoms with Crippen molar-refractivity contribution in [2.24, 2.45) is 5.41 Å². The molecular formula is C22H25F. The normalized spacial score (nSPS) is 19.7. The Morgan fingerprint density at radius 2 is 1.91 bits per heavy atom. The van der Waals surface area contributed by atoms with Crippen molar-refractivity contribution < 1.29 is 4.39 Å². The minimum atomic E-state index is -0.140. The van der Waals surface area contributed by atoms with Crippen LogP contribution in [0.5, 0.6) is 0 Å². The molecule has 0 heterocycles. The van der Waals surface area contributed by atoms with Gasteiger partial charge in [-0.05, 0) is 59.9 Å². The Morgan fingerprint density at radius 1 is 1.13 bits per heavy atom. The standard InChI is InChI=1S/C22H25F/c1-5-16-9-10-17(19-13-15(2)8-11-21(19)23)18(14-16)20-7-6-12-22(20,3)4/h5,8-11,13-14,20H,1,6-7,12H2,2-4H3/t20-/m1/s1. The molecule has 1 aliphatic carbocycles. The molecule has 0 radical (unpaired) electrons. The first kappa shape index (κ1) is 16.0. The average Bonchev–Trinajstić information content (AvgIpc) is 2.88. The van der Waals surface area contributed by atoms with Gasteiger partial charge in [-0.25, -0.2) is 4.39 Å². The number of aryl methyl sites for hydroxylation is 1. The first-order valence-corrected chi connectivity index (χ1v) is 8.45. The van der Waals surface area contributed by atoms with E-state index in [1.54, 1.807) is 6.07 Å². The summed E-state index contributed by atoms with van der Waals surface area (Å²) in [5, 5.41) is 0. The molecule has 0 spiro atoms. The summed E-state index contributed by atoms with van der Waals surface area (Å²) in [4.78, 5) is 0. The van der Waals surface area contributed by atoms with Crippen LogP contribution >= 0.6 is 0 Å². The van der Waals surface area contributed by atoms with Crippen LogP contribution in [0.3, 0.4) is 0 Å². The van der Waals surface area contributed by atoms with Crippen molar-refractivity contribution in [3.8, 4) is 11.1 Å². The van der Waals surface area contributed by atoms with Gasteiger partial charge in [0, 0.05) is 5.56 Å². The lowest BCUT2D eigenvalue weighted by molar-refractivity contribution is 0.333. The maximum Gasteiger partial charge on any atom is 0.131 e. The lowest BCUT2D eigenvalue weighted by Crippen LogP contribution is -2.16. The van der Waals surface area contributed by atoms with Crippen molar-refractivity contribution in [2.75, 3.05) is 0 Å². The highest BCUT2D eigenvalue weighted by Gasteiger charge is 2.36. The van der Waals surface area contributed by atoms with Crippen molar-refractivity contribution in [2.45, 2.75) is 46.0 Å². The maximum atomic E-state index is 14.5. The van der Waals surface area contributed by atoms with E-state index in [9.17, 15) is 4.39 Å². The summed E-state index contributed by atoms with van der Waals surface area (Å²) in [5.41, 5.74) is 5.49. The first-order chi connectivity index (χ1) is 10.9. The molecule has 120 valence electrons. The molecule has 0 N–H and O–H groups in total. The topological polar surface area (TPSA) is 0 Å². The van der Waals surface area contributed by atoms with E-state index in [1.807, 2.05) is 31.2 Å². The van der Waals surface area contributed by atoms with Crippen molar-refractivity contribution in [3.63, 3.8) is 0 Å². The van der Waals surface area contributed by atoms with E-state index in [0.717, 1.165) is 22.3 Å². The Kier molecular flexibility index (Phi) is 4.14. The monoisotopic (exact) mass is 308 g/mol. The van der Waals surface area contributed by atoms with Gasteiger partial charge in [-0.2, -0.15) is 0 Å². The summed E-state index contributed by atoms with van der Waals surface area (Å²) in [5.74, 6) is 0.330.